The number of amides is 1. The second-order valence-corrected chi connectivity index (χ2v) is 5.80. The van der Waals surface area contributed by atoms with E-state index in [0.717, 1.165) is 23.0 Å². The molecule has 3 aromatic rings. The topological polar surface area (TPSA) is 84.1 Å². The van der Waals surface area contributed by atoms with Crippen LogP contribution in [0.2, 0.25) is 0 Å². The number of hydrogen-bond donors (Lipinski definition) is 1. The zero-order valence-electron chi connectivity index (χ0n) is 14.4. The van der Waals surface area contributed by atoms with Gasteiger partial charge in [0.05, 0.1) is 23.5 Å². The second kappa shape index (κ2) is 7.40. The molecule has 7 heteroatoms. The summed E-state index contributed by atoms with van der Waals surface area (Å²) in [5.41, 5.74) is 2.54. The maximum absolute atomic E-state index is 12.7. The first-order chi connectivity index (χ1) is 12.2. The molecule has 3 rings (SSSR count). The summed E-state index contributed by atoms with van der Waals surface area (Å²) < 4.78 is 1.64. The summed E-state index contributed by atoms with van der Waals surface area (Å²) in [6.45, 7) is 4.59. The Kier molecular flexibility index (Phi) is 5.04. The van der Waals surface area contributed by atoms with Crippen molar-refractivity contribution in [3.63, 3.8) is 0 Å². The van der Waals surface area contributed by atoms with E-state index in [2.05, 4.69) is 15.3 Å². The molecule has 0 spiro atoms. The molecule has 0 unspecified atom stereocenters. The molecule has 1 amide bonds. The van der Waals surface area contributed by atoms with Gasteiger partial charge in [0.1, 0.15) is 0 Å². The van der Waals surface area contributed by atoms with E-state index in [0.29, 0.717) is 17.9 Å². The molecule has 0 aliphatic heterocycles. The van der Waals surface area contributed by atoms with Crippen LogP contribution in [0.5, 0.6) is 0 Å². The standard InChI is InChI=1S/C18H21N5O2/c1-3-10-22(11-12-24)18(25)16-13(2)23(21-20-16)15-8-4-6-14-7-5-9-19-17(14)15/h4-9,24H,3,10-12H2,1-2H3. The summed E-state index contributed by atoms with van der Waals surface area (Å²) >= 11 is 0. The summed E-state index contributed by atoms with van der Waals surface area (Å²) in [6.07, 6.45) is 2.54. The fourth-order valence-corrected chi connectivity index (χ4v) is 2.87. The Labute approximate surface area is 145 Å². The molecule has 0 bridgehead atoms. The maximum atomic E-state index is 12.7. The van der Waals surface area contributed by atoms with Crippen molar-refractivity contribution < 1.29 is 9.90 Å². The van der Waals surface area contributed by atoms with Gasteiger partial charge >= 0.3 is 0 Å². The number of para-hydroxylation sites is 1. The van der Waals surface area contributed by atoms with Gasteiger partial charge in [0.25, 0.3) is 5.91 Å². The van der Waals surface area contributed by atoms with Crippen molar-refractivity contribution in [2.75, 3.05) is 19.7 Å². The lowest BCUT2D eigenvalue weighted by Crippen LogP contribution is -2.34. The van der Waals surface area contributed by atoms with Crippen molar-refractivity contribution in [3.8, 4) is 5.69 Å². The zero-order valence-corrected chi connectivity index (χ0v) is 14.4. The SMILES string of the molecule is CCCN(CCO)C(=O)c1nnn(-c2cccc3cccnc23)c1C. The van der Waals surface area contributed by atoms with Crippen LogP contribution in [-0.4, -0.2) is 55.6 Å². The molecule has 2 aromatic heterocycles. The van der Waals surface area contributed by atoms with Gasteiger partial charge in [-0.1, -0.05) is 30.3 Å². The summed E-state index contributed by atoms with van der Waals surface area (Å²) in [5.74, 6) is -0.215. The average Bonchev–Trinajstić information content (AvgIpc) is 3.01. The quantitative estimate of drug-likeness (QED) is 0.742. The van der Waals surface area contributed by atoms with Crippen molar-refractivity contribution in [1.29, 1.82) is 0 Å². The minimum Gasteiger partial charge on any atom is -0.395 e. The molecule has 0 aliphatic rings. The average molecular weight is 339 g/mol. The third-order valence-electron chi connectivity index (χ3n) is 4.09. The van der Waals surface area contributed by atoms with E-state index < -0.39 is 0 Å². The number of pyridine rings is 1. The number of aliphatic hydroxyl groups excluding tert-OH is 1. The van der Waals surface area contributed by atoms with E-state index >= 15 is 0 Å². The fourth-order valence-electron chi connectivity index (χ4n) is 2.87. The number of rotatable bonds is 6. The van der Waals surface area contributed by atoms with E-state index in [1.165, 1.54) is 0 Å². The molecule has 1 N–H and O–H groups in total. The van der Waals surface area contributed by atoms with Gasteiger partial charge in [-0.25, -0.2) is 4.68 Å². The smallest absolute Gasteiger partial charge is 0.276 e. The molecule has 0 atom stereocenters. The minimum atomic E-state index is -0.215. The van der Waals surface area contributed by atoms with Crippen LogP contribution < -0.4 is 0 Å². The van der Waals surface area contributed by atoms with Gasteiger partial charge in [0, 0.05) is 24.7 Å². The predicted octanol–water partition coefficient (Wildman–Crippen LogP) is 1.97. The highest BCUT2D eigenvalue weighted by molar-refractivity contribution is 5.94. The minimum absolute atomic E-state index is 0.0772. The summed E-state index contributed by atoms with van der Waals surface area (Å²) in [4.78, 5) is 18.8. The Balaban J connectivity index is 2.02. The van der Waals surface area contributed by atoms with Crippen molar-refractivity contribution in [3.05, 3.63) is 47.9 Å². The molecular formula is C18H21N5O2. The van der Waals surface area contributed by atoms with Crippen LogP contribution in [0, 0.1) is 6.92 Å². The summed E-state index contributed by atoms with van der Waals surface area (Å²) in [6, 6.07) is 9.68. The summed E-state index contributed by atoms with van der Waals surface area (Å²) in [7, 11) is 0. The lowest BCUT2D eigenvalue weighted by molar-refractivity contribution is 0.0715. The van der Waals surface area contributed by atoms with Gasteiger partial charge in [-0.3, -0.25) is 9.78 Å². The normalized spacial score (nSPS) is 11.0. The number of nitrogens with zero attached hydrogens (tertiary/aromatic N) is 5. The Morgan fingerprint density at radius 1 is 1.24 bits per heavy atom. The third-order valence-corrected chi connectivity index (χ3v) is 4.09. The number of aliphatic hydroxyl groups is 1. The Morgan fingerprint density at radius 3 is 2.80 bits per heavy atom. The molecular weight excluding hydrogens is 318 g/mol. The molecule has 25 heavy (non-hydrogen) atoms. The Morgan fingerprint density at radius 2 is 2.04 bits per heavy atom. The fraction of sp³-hybridized carbons (Fsp3) is 0.333. The third kappa shape index (κ3) is 3.23. The molecule has 0 radical (unpaired) electrons. The number of aromatic nitrogens is 4. The van der Waals surface area contributed by atoms with Gasteiger partial charge in [0.15, 0.2) is 5.69 Å². The van der Waals surface area contributed by atoms with E-state index in [4.69, 9.17) is 0 Å². The molecule has 0 saturated heterocycles. The molecule has 0 aliphatic carbocycles. The number of hydrogen-bond acceptors (Lipinski definition) is 5. The van der Waals surface area contributed by atoms with Crippen molar-refractivity contribution in [2.24, 2.45) is 0 Å². The molecule has 0 fully saturated rings. The van der Waals surface area contributed by atoms with Crippen molar-refractivity contribution in [2.45, 2.75) is 20.3 Å². The van der Waals surface area contributed by atoms with Gasteiger partial charge in [-0.05, 0) is 25.5 Å². The summed E-state index contributed by atoms with van der Waals surface area (Å²) in [5, 5.41) is 18.5. The number of carbonyl (C=O) groups excluding carboxylic acids is 1. The highest BCUT2D eigenvalue weighted by atomic mass is 16.3. The first-order valence-electron chi connectivity index (χ1n) is 8.34. The number of benzene rings is 1. The van der Waals surface area contributed by atoms with Crippen molar-refractivity contribution >= 4 is 16.8 Å². The van der Waals surface area contributed by atoms with Gasteiger partial charge in [-0.2, -0.15) is 0 Å². The van der Waals surface area contributed by atoms with Crippen molar-refractivity contribution in [1.82, 2.24) is 24.9 Å². The van der Waals surface area contributed by atoms with Crippen LogP contribution in [0.15, 0.2) is 36.5 Å². The lowest BCUT2D eigenvalue weighted by Gasteiger charge is -2.20. The molecule has 7 nitrogen and oxygen atoms in total. The van der Waals surface area contributed by atoms with E-state index in [-0.39, 0.29) is 19.1 Å². The number of carbonyl (C=O) groups is 1. The van der Waals surface area contributed by atoms with Crippen LogP contribution in [0.25, 0.3) is 16.6 Å². The van der Waals surface area contributed by atoms with Crippen LogP contribution >= 0.6 is 0 Å². The highest BCUT2D eigenvalue weighted by Crippen LogP contribution is 2.21. The van der Waals surface area contributed by atoms with E-state index in [1.807, 2.05) is 44.2 Å². The molecule has 130 valence electrons. The second-order valence-electron chi connectivity index (χ2n) is 5.80. The van der Waals surface area contributed by atoms with Crippen LogP contribution in [-0.2, 0) is 0 Å². The monoisotopic (exact) mass is 339 g/mol. The molecule has 1 aromatic carbocycles. The predicted molar refractivity (Wildman–Crippen MR) is 94.7 cm³/mol. The largest absolute Gasteiger partial charge is 0.395 e. The van der Waals surface area contributed by atoms with Crippen LogP contribution in [0.1, 0.15) is 29.5 Å². The van der Waals surface area contributed by atoms with E-state index in [9.17, 15) is 9.90 Å². The molecule has 0 saturated carbocycles. The first-order valence-corrected chi connectivity index (χ1v) is 8.34. The Bertz CT molecular complexity index is 879. The van der Waals surface area contributed by atoms with Gasteiger partial charge in [0.2, 0.25) is 0 Å². The van der Waals surface area contributed by atoms with Gasteiger partial charge < -0.3 is 10.0 Å². The van der Waals surface area contributed by atoms with Gasteiger partial charge in [-0.15, -0.1) is 5.10 Å². The van der Waals surface area contributed by atoms with Crippen LogP contribution in [0.4, 0.5) is 0 Å². The lowest BCUT2D eigenvalue weighted by atomic mass is 10.2. The zero-order chi connectivity index (χ0) is 17.8. The highest BCUT2D eigenvalue weighted by Gasteiger charge is 2.23. The Hall–Kier alpha value is -2.80. The molecule has 2 heterocycles. The maximum Gasteiger partial charge on any atom is 0.276 e. The van der Waals surface area contributed by atoms with Crippen LogP contribution in [0.3, 0.4) is 0 Å². The number of fused-ring (bicyclic) bond motifs is 1. The van der Waals surface area contributed by atoms with E-state index in [1.54, 1.807) is 15.8 Å². The first kappa shape index (κ1) is 17.0.